The lowest BCUT2D eigenvalue weighted by Crippen LogP contribution is -2.04. The lowest BCUT2D eigenvalue weighted by Gasteiger charge is -2.07. The maximum absolute atomic E-state index is 4.60. The summed E-state index contributed by atoms with van der Waals surface area (Å²) in [5, 5.41) is 4.66. The molecule has 0 spiro atoms. The van der Waals surface area contributed by atoms with Crippen molar-refractivity contribution in [3.05, 3.63) is 73.2 Å². The van der Waals surface area contributed by atoms with Crippen LogP contribution in [0, 0.1) is 0 Å². The van der Waals surface area contributed by atoms with E-state index in [2.05, 4.69) is 62.4 Å². The predicted molar refractivity (Wildman–Crippen MR) is 101 cm³/mol. The van der Waals surface area contributed by atoms with E-state index in [0.717, 1.165) is 28.1 Å². The third-order valence-electron chi connectivity index (χ3n) is 4.62. The van der Waals surface area contributed by atoms with Crippen molar-refractivity contribution in [3.63, 3.8) is 0 Å². The predicted octanol–water partition coefficient (Wildman–Crippen LogP) is 4.66. The Morgan fingerprint density at radius 1 is 0.880 bits per heavy atom. The number of nitrogens with one attached hydrogen (secondary N) is 1. The zero-order valence-corrected chi connectivity index (χ0v) is 13.8. The smallest absolute Gasteiger partial charge is 0.150 e. The van der Waals surface area contributed by atoms with E-state index in [1.807, 2.05) is 24.3 Å². The molecule has 4 heteroatoms. The second kappa shape index (κ2) is 5.74. The van der Waals surface area contributed by atoms with E-state index in [4.69, 9.17) is 0 Å². The van der Waals surface area contributed by atoms with Crippen molar-refractivity contribution < 1.29 is 0 Å². The van der Waals surface area contributed by atoms with Gasteiger partial charge in [-0.15, -0.1) is 0 Å². The van der Waals surface area contributed by atoms with Gasteiger partial charge < -0.3 is 9.88 Å². The van der Waals surface area contributed by atoms with Crippen molar-refractivity contribution >= 4 is 16.9 Å². The summed E-state index contributed by atoms with van der Waals surface area (Å²) in [6.07, 6.45) is 6.25. The van der Waals surface area contributed by atoms with Gasteiger partial charge in [-0.05, 0) is 30.5 Å². The Morgan fingerprint density at radius 3 is 2.32 bits per heavy atom. The number of hydrogen-bond acceptors (Lipinski definition) is 3. The van der Waals surface area contributed by atoms with Gasteiger partial charge in [-0.2, -0.15) is 0 Å². The summed E-state index contributed by atoms with van der Waals surface area (Å²) < 4.78 is 2.15. The average molecular weight is 326 g/mol. The third kappa shape index (κ3) is 2.56. The van der Waals surface area contributed by atoms with E-state index in [0.29, 0.717) is 6.04 Å². The highest BCUT2D eigenvalue weighted by Gasteiger charge is 2.24. The summed E-state index contributed by atoms with van der Waals surface area (Å²) in [4.78, 5) is 9.15. The van der Waals surface area contributed by atoms with Crippen LogP contribution in [0.25, 0.3) is 27.8 Å². The Kier molecular flexibility index (Phi) is 3.27. The average Bonchev–Trinajstić information content (AvgIpc) is 3.40. The fourth-order valence-electron chi connectivity index (χ4n) is 3.21. The van der Waals surface area contributed by atoms with Crippen molar-refractivity contribution in [3.8, 4) is 16.8 Å². The van der Waals surface area contributed by atoms with E-state index in [1.165, 1.54) is 18.4 Å². The molecule has 0 amide bonds. The number of benzene rings is 2. The number of para-hydroxylation sites is 1. The van der Waals surface area contributed by atoms with Crippen LogP contribution in [-0.2, 0) is 0 Å². The van der Waals surface area contributed by atoms with Crippen LogP contribution in [0.1, 0.15) is 12.8 Å². The second-order valence-corrected chi connectivity index (χ2v) is 6.45. The minimum Gasteiger partial charge on any atom is -0.367 e. The molecule has 2 aromatic heterocycles. The largest absolute Gasteiger partial charge is 0.367 e. The summed E-state index contributed by atoms with van der Waals surface area (Å²) in [5.74, 6) is 0.932. The van der Waals surface area contributed by atoms with Crippen molar-refractivity contribution in [2.45, 2.75) is 18.9 Å². The van der Waals surface area contributed by atoms with Gasteiger partial charge in [0.05, 0.1) is 5.39 Å². The first-order chi connectivity index (χ1) is 12.4. The topological polar surface area (TPSA) is 42.7 Å². The Bertz CT molecular complexity index is 1020. The zero-order valence-electron chi connectivity index (χ0n) is 13.8. The number of hydrogen-bond donors (Lipinski definition) is 1. The molecule has 2 aromatic carbocycles. The molecule has 0 aliphatic heterocycles. The van der Waals surface area contributed by atoms with Gasteiger partial charge in [0.25, 0.3) is 0 Å². The minimum atomic E-state index is 0.543. The van der Waals surface area contributed by atoms with Gasteiger partial charge in [0.15, 0.2) is 5.65 Å². The first-order valence-corrected chi connectivity index (χ1v) is 8.63. The molecule has 1 N–H and O–H groups in total. The van der Waals surface area contributed by atoms with Gasteiger partial charge in [0, 0.05) is 23.5 Å². The Balaban J connectivity index is 1.79. The van der Waals surface area contributed by atoms with Crippen LogP contribution in [0.15, 0.2) is 73.2 Å². The molecule has 0 bridgehead atoms. The SMILES string of the molecule is c1ccc(-c2cn(-c3ccccc3)c3ncnc(NC4CC4)c23)cc1. The molecular formula is C21H18N4. The number of rotatable bonds is 4. The van der Waals surface area contributed by atoms with Crippen LogP contribution in [0.4, 0.5) is 5.82 Å². The fourth-order valence-corrected chi connectivity index (χ4v) is 3.21. The van der Waals surface area contributed by atoms with Gasteiger partial charge in [0.1, 0.15) is 12.1 Å². The molecule has 0 saturated heterocycles. The van der Waals surface area contributed by atoms with Gasteiger partial charge in [-0.3, -0.25) is 0 Å². The molecule has 1 aliphatic rings. The molecular weight excluding hydrogens is 308 g/mol. The summed E-state index contributed by atoms with van der Waals surface area (Å²) in [6, 6.07) is 21.3. The minimum absolute atomic E-state index is 0.543. The second-order valence-electron chi connectivity index (χ2n) is 6.45. The van der Waals surface area contributed by atoms with E-state index in [1.54, 1.807) is 6.33 Å². The Morgan fingerprint density at radius 2 is 1.60 bits per heavy atom. The summed E-state index contributed by atoms with van der Waals surface area (Å²) in [5.41, 5.74) is 4.37. The van der Waals surface area contributed by atoms with Crippen LogP contribution in [-0.4, -0.2) is 20.6 Å². The maximum Gasteiger partial charge on any atom is 0.150 e. The van der Waals surface area contributed by atoms with Gasteiger partial charge in [-0.25, -0.2) is 9.97 Å². The Hall–Kier alpha value is -3.14. The molecule has 4 aromatic rings. The normalized spacial score (nSPS) is 13.9. The van der Waals surface area contributed by atoms with Crippen LogP contribution >= 0.6 is 0 Å². The monoisotopic (exact) mass is 326 g/mol. The first-order valence-electron chi connectivity index (χ1n) is 8.63. The van der Waals surface area contributed by atoms with Crippen molar-refractivity contribution in [2.75, 3.05) is 5.32 Å². The molecule has 0 atom stereocenters. The van der Waals surface area contributed by atoms with E-state index < -0.39 is 0 Å². The highest BCUT2D eigenvalue weighted by molar-refractivity contribution is 6.02. The molecule has 1 fully saturated rings. The number of nitrogens with zero attached hydrogens (tertiary/aromatic N) is 3. The Labute approximate surface area is 146 Å². The van der Waals surface area contributed by atoms with Crippen LogP contribution in [0.2, 0.25) is 0 Å². The summed E-state index contributed by atoms with van der Waals surface area (Å²) >= 11 is 0. The van der Waals surface area contributed by atoms with Crippen LogP contribution < -0.4 is 5.32 Å². The lowest BCUT2D eigenvalue weighted by molar-refractivity contribution is 1.06. The highest BCUT2D eigenvalue weighted by Crippen LogP contribution is 2.36. The number of aromatic nitrogens is 3. The molecule has 1 aliphatic carbocycles. The molecule has 4 nitrogen and oxygen atoms in total. The molecule has 0 unspecified atom stereocenters. The number of fused-ring (bicyclic) bond motifs is 1. The van der Waals surface area contributed by atoms with E-state index in [-0.39, 0.29) is 0 Å². The standard InChI is InChI=1S/C21H18N4/c1-3-7-15(8-4-1)18-13-25(17-9-5-2-6-10-17)21-19(18)20(22-14-23-21)24-16-11-12-16/h1-10,13-14,16H,11-12H2,(H,22,23,24). The van der Waals surface area contributed by atoms with Gasteiger partial charge in [0.2, 0.25) is 0 Å². The van der Waals surface area contributed by atoms with Crippen molar-refractivity contribution in [2.24, 2.45) is 0 Å². The first kappa shape index (κ1) is 14.2. The van der Waals surface area contributed by atoms with Crippen LogP contribution in [0.3, 0.4) is 0 Å². The molecule has 122 valence electrons. The van der Waals surface area contributed by atoms with Crippen molar-refractivity contribution in [1.82, 2.24) is 14.5 Å². The molecule has 25 heavy (non-hydrogen) atoms. The molecule has 2 heterocycles. The van der Waals surface area contributed by atoms with Crippen LogP contribution in [0.5, 0.6) is 0 Å². The lowest BCUT2D eigenvalue weighted by atomic mass is 10.1. The van der Waals surface area contributed by atoms with Gasteiger partial charge in [-0.1, -0.05) is 48.5 Å². The maximum atomic E-state index is 4.60. The molecule has 1 saturated carbocycles. The highest BCUT2D eigenvalue weighted by atomic mass is 15.1. The quantitative estimate of drug-likeness (QED) is 0.593. The van der Waals surface area contributed by atoms with Gasteiger partial charge >= 0.3 is 0 Å². The van der Waals surface area contributed by atoms with E-state index >= 15 is 0 Å². The molecule has 0 radical (unpaired) electrons. The summed E-state index contributed by atoms with van der Waals surface area (Å²) in [6.45, 7) is 0. The fraction of sp³-hybridized carbons (Fsp3) is 0.143. The zero-order chi connectivity index (χ0) is 16.6. The molecule has 5 rings (SSSR count). The van der Waals surface area contributed by atoms with Crippen molar-refractivity contribution in [1.29, 1.82) is 0 Å². The van der Waals surface area contributed by atoms with E-state index in [9.17, 15) is 0 Å². The number of anilines is 1. The summed E-state index contributed by atoms with van der Waals surface area (Å²) in [7, 11) is 0. The third-order valence-corrected chi connectivity index (χ3v) is 4.62.